The van der Waals surface area contributed by atoms with E-state index in [0.29, 0.717) is 0 Å². The summed E-state index contributed by atoms with van der Waals surface area (Å²) in [7, 11) is 0. The quantitative estimate of drug-likeness (QED) is 0.608. The molecule has 1 aliphatic carbocycles. The van der Waals surface area contributed by atoms with E-state index in [4.69, 9.17) is 0 Å². The highest BCUT2D eigenvalue weighted by Crippen LogP contribution is 2.02. The Balaban J connectivity index is 2.87. The molecule has 0 amide bonds. The number of hydrogen-bond donors (Lipinski definition) is 0. The summed E-state index contributed by atoms with van der Waals surface area (Å²) in [5, 5.41) is 0. The maximum atomic E-state index is 4.44. The third kappa shape index (κ3) is 3.13. The van der Waals surface area contributed by atoms with Crippen LogP contribution in [-0.4, -0.2) is 18.0 Å². The van der Waals surface area contributed by atoms with Gasteiger partial charge in [-0.2, -0.15) is 0 Å². The lowest BCUT2D eigenvalue weighted by Gasteiger charge is -2.05. The third-order valence-corrected chi connectivity index (χ3v) is 1.70. The van der Waals surface area contributed by atoms with E-state index in [1.807, 2.05) is 31.2 Å². The summed E-state index contributed by atoms with van der Waals surface area (Å²) >= 11 is 0. The van der Waals surface area contributed by atoms with Crippen LogP contribution in [0, 0.1) is 0 Å². The van der Waals surface area contributed by atoms with Crippen molar-refractivity contribution in [3.05, 3.63) is 36.6 Å². The topological polar surface area (TPSA) is 24.7 Å². The van der Waals surface area contributed by atoms with Crippen molar-refractivity contribution in [2.75, 3.05) is 6.54 Å². The van der Waals surface area contributed by atoms with E-state index in [2.05, 4.69) is 23.5 Å². The van der Waals surface area contributed by atoms with E-state index in [0.717, 1.165) is 30.1 Å². The van der Waals surface area contributed by atoms with Gasteiger partial charge in [0, 0.05) is 12.2 Å². The van der Waals surface area contributed by atoms with Gasteiger partial charge in [0.15, 0.2) is 0 Å². The molecule has 0 aromatic rings. The maximum absolute atomic E-state index is 4.44. The van der Waals surface area contributed by atoms with Gasteiger partial charge in [0.2, 0.25) is 0 Å². The Morgan fingerprint density at radius 3 is 2.50 bits per heavy atom. The van der Waals surface area contributed by atoms with Crippen molar-refractivity contribution >= 4 is 11.4 Å². The van der Waals surface area contributed by atoms with E-state index in [9.17, 15) is 0 Å². The molecule has 0 aromatic carbocycles. The second kappa shape index (κ2) is 5.32. The average molecular weight is 188 g/mol. The van der Waals surface area contributed by atoms with Gasteiger partial charge in [-0.3, -0.25) is 9.98 Å². The molecule has 0 saturated carbocycles. The molecule has 1 rings (SSSR count). The fourth-order valence-corrected chi connectivity index (χ4v) is 1.13. The first-order chi connectivity index (χ1) is 6.74. The van der Waals surface area contributed by atoms with Gasteiger partial charge in [-0.05, 0) is 25.5 Å². The fraction of sp³-hybridized carbons (Fsp3) is 0.333. The lowest BCUT2D eigenvalue weighted by atomic mass is 10.1. The minimum atomic E-state index is 0.809. The predicted molar refractivity (Wildman–Crippen MR) is 63.1 cm³/mol. The molecule has 0 bridgehead atoms. The standard InChI is InChI=1S/C12H16N2/c1-4-9-13-11-7-5-6-8-12(11)14-10(2)3/h5-8H,2,4,9H2,1,3H3/b13-11-,14-12-. The minimum Gasteiger partial charge on any atom is -0.283 e. The smallest absolute Gasteiger partial charge is 0.0884 e. The second-order valence-electron chi connectivity index (χ2n) is 3.22. The summed E-state index contributed by atoms with van der Waals surface area (Å²) < 4.78 is 0. The first-order valence-electron chi connectivity index (χ1n) is 4.88. The number of rotatable bonds is 3. The third-order valence-electron chi connectivity index (χ3n) is 1.70. The normalized spacial score (nSPS) is 20.7. The Morgan fingerprint density at radius 1 is 1.29 bits per heavy atom. The summed E-state index contributed by atoms with van der Waals surface area (Å²) in [5.74, 6) is 0. The highest BCUT2D eigenvalue weighted by molar-refractivity contribution is 6.51. The highest BCUT2D eigenvalue weighted by atomic mass is 14.8. The Bertz CT molecular complexity index is 330. The number of aliphatic imine (C=N–C) groups is 2. The molecule has 14 heavy (non-hydrogen) atoms. The Morgan fingerprint density at radius 2 is 1.93 bits per heavy atom. The second-order valence-corrected chi connectivity index (χ2v) is 3.22. The van der Waals surface area contributed by atoms with Crippen LogP contribution in [0.25, 0.3) is 0 Å². The van der Waals surface area contributed by atoms with Crippen molar-refractivity contribution in [1.82, 2.24) is 0 Å². The SMILES string of the molecule is C=C(C)/N=C1/C=CC=C/C1=N/CCC. The molecule has 1 aliphatic rings. The molecular formula is C12H16N2. The van der Waals surface area contributed by atoms with Crippen LogP contribution in [0.1, 0.15) is 20.3 Å². The highest BCUT2D eigenvalue weighted by Gasteiger charge is 2.04. The van der Waals surface area contributed by atoms with E-state index in [1.165, 1.54) is 0 Å². The van der Waals surface area contributed by atoms with Crippen LogP contribution in [0.5, 0.6) is 0 Å². The zero-order valence-corrected chi connectivity index (χ0v) is 8.83. The fourth-order valence-electron chi connectivity index (χ4n) is 1.13. The molecule has 0 unspecified atom stereocenters. The Hall–Kier alpha value is -1.44. The molecule has 0 saturated heterocycles. The van der Waals surface area contributed by atoms with Gasteiger partial charge in [-0.25, -0.2) is 0 Å². The van der Waals surface area contributed by atoms with Crippen LogP contribution in [0.4, 0.5) is 0 Å². The van der Waals surface area contributed by atoms with Gasteiger partial charge in [0.1, 0.15) is 0 Å². The molecule has 2 nitrogen and oxygen atoms in total. The summed E-state index contributed by atoms with van der Waals surface area (Å²) in [5.41, 5.74) is 2.68. The lowest BCUT2D eigenvalue weighted by Crippen LogP contribution is -2.12. The maximum Gasteiger partial charge on any atom is 0.0884 e. The predicted octanol–water partition coefficient (Wildman–Crippen LogP) is 2.94. The lowest BCUT2D eigenvalue weighted by molar-refractivity contribution is 0.935. The molecule has 0 heterocycles. The molecule has 0 radical (unpaired) electrons. The van der Waals surface area contributed by atoms with E-state index < -0.39 is 0 Å². The van der Waals surface area contributed by atoms with E-state index >= 15 is 0 Å². The van der Waals surface area contributed by atoms with Crippen LogP contribution in [0.15, 0.2) is 46.6 Å². The molecule has 0 N–H and O–H groups in total. The summed E-state index contributed by atoms with van der Waals surface area (Å²) in [6, 6.07) is 0. The summed E-state index contributed by atoms with van der Waals surface area (Å²) in [4.78, 5) is 8.77. The van der Waals surface area contributed by atoms with Crippen LogP contribution >= 0.6 is 0 Å². The van der Waals surface area contributed by atoms with Crippen LogP contribution in [0.3, 0.4) is 0 Å². The van der Waals surface area contributed by atoms with Gasteiger partial charge >= 0.3 is 0 Å². The van der Waals surface area contributed by atoms with Gasteiger partial charge in [0.25, 0.3) is 0 Å². The summed E-state index contributed by atoms with van der Waals surface area (Å²) in [6.07, 6.45) is 8.95. The number of hydrogen-bond acceptors (Lipinski definition) is 2. The largest absolute Gasteiger partial charge is 0.283 e. The molecule has 2 heteroatoms. The van der Waals surface area contributed by atoms with Crippen molar-refractivity contribution in [1.29, 1.82) is 0 Å². The zero-order valence-electron chi connectivity index (χ0n) is 8.83. The molecular weight excluding hydrogens is 172 g/mol. The number of nitrogens with zero attached hydrogens (tertiary/aromatic N) is 2. The van der Waals surface area contributed by atoms with Crippen molar-refractivity contribution in [3.8, 4) is 0 Å². The Labute approximate surface area is 85.5 Å². The van der Waals surface area contributed by atoms with Gasteiger partial charge in [0.05, 0.1) is 11.4 Å². The molecule has 74 valence electrons. The molecule has 0 aliphatic heterocycles. The molecule has 0 fully saturated rings. The zero-order chi connectivity index (χ0) is 10.4. The van der Waals surface area contributed by atoms with Crippen molar-refractivity contribution in [3.63, 3.8) is 0 Å². The van der Waals surface area contributed by atoms with Crippen LogP contribution < -0.4 is 0 Å². The van der Waals surface area contributed by atoms with Crippen LogP contribution in [-0.2, 0) is 0 Å². The Kier molecular flexibility index (Phi) is 4.05. The molecule has 0 atom stereocenters. The van der Waals surface area contributed by atoms with Gasteiger partial charge < -0.3 is 0 Å². The summed E-state index contributed by atoms with van der Waals surface area (Å²) in [6.45, 7) is 8.61. The van der Waals surface area contributed by atoms with Gasteiger partial charge in [-0.15, -0.1) is 0 Å². The first kappa shape index (κ1) is 10.6. The van der Waals surface area contributed by atoms with E-state index in [-0.39, 0.29) is 0 Å². The minimum absolute atomic E-state index is 0.809. The van der Waals surface area contributed by atoms with Gasteiger partial charge in [-0.1, -0.05) is 25.7 Å². The van der Waals surface area contributed by atoms with Crippen molar-refractivity contribution in [2.24, 2.45) is 9.98 Å². The number of allylic oxidation sites excluding steroid dienone is 5. The van der Waals surface area contributed by atoms with E-state index in [1.54, 1.807) is 0 Å². The van der Waals surface area contributed by atoms with Crippen LogP contribution in [0.2, 0.25) is 0 Å². The van der Waals surface area contributed by atoms with Crippen molar-refractivity contribution in [2.45, 2.75) is 20.3 Å². The molecule has 0 aromatic heterocycles. The first-order valence-corrected chi connectivity index (χ1v) is 4.88. The molecule has 0 spiro atoms. The monoisotopic (exact) mass is 188 g/mol. The van der Waals surface area contributed by atoms with Crippen molar-refractivity contribution < 1.29 is 0 Å². The average Bonchev–Trinajstić information content (AvgIpc) is 2.16.